The number of phenols is 1. The largest absolute Gasteiger partial charge is 0.505 e. The molecule has 0 saturated heterocycles. The van der Waals surface area contributed by atoms with E-state index in [-0.39, 0.29) is 11.3 Å². The molecule has 2 rings (SSSR count). The van der Waals surface area contributed by atoms with E-state index in [4.69, 9.17) is 0 Å². The van der Waals surface area contributed by atoms with Crippen LogP contribution in [0.5, 0.6) is 5.75 Å². The van der Waals surface area contributed by atoms with E-state index in [0.29, 0.717) is 17.7 Å². The second-order valence-corrected chi connectivity index (χ2v) is 3.88. The van der Waals surface area contributed by atoms with Gasteiger partial charge in [0.05, 0.1) is 11.3 Å². The minimum Gasteiger partial charge on any atom is -0.505 e. The summed E-state index contributed by atoms with van der Waals surface area (Å²) in [6.07, 6.45) is 0.601. The summed E-state index contributed by atoms with van der Waals surface area (Å²) in [5.74, 6) is -0.143. The maximum atomic E-state index is 10.8. The van der Waals surface area contributed by atoms with Crippen molar-refractivity contribution in [2.24, 2.45) is 10.2 Å². The van der Waals surface area contributed by atoms with E-state index in [1.165, 1.54) is 0 Å². The molecule has 0 aliphatic heterocycles. The van der Waals surface area contributed by atoms with Crippen molar-refractivity contribution in [3.63, 3.8) is 0 Å². The highest BCUT2D eigenvalue weighted by Crippen LogP contribution is 2.32. The van der Waals surface area contributed by atoms with Gasteiger partial charge in [-0.3, -0.25) is 4.79 Å². The first-order valence-electron chi connectivity index (χ1n) is 5.46. The standard InChI is InChI=1S/C14H12N2O2/c1-10-7-11(9-17)14(18)13(8-10)16-15-12-5-3-2-4-6-12/h2-9,18H,1H3. The van der Waals surface area contributed by atoms with Crippen LogP contribution in [-0.4, -0.2) is 11.4 Å². The Bertz CT molecular complexity index is 592. The van der Waals surface area contributed by atoms with Crippen molar-refractivity contribution >= 4 is 17.7 Å². The fourth-order valence-corrected chi connectivity index (χ4v) is 1.56. The summed E-state index contributed by atoms with van der Waals surface area (Å²) in [5, 5.41) is 17.8. The van der Waals surface area contributed by atoms with Gasteiger partial charge in [0.2, 0.25) is 0 Å². The molecular weight excluding hydrogens is 228 g/mol. The molecule has 0 fully saturated rings. The maximum Gasteiger partial charge on any atom is 0.153 e. The maximum absolute atomic E-state index is 10.8. The number of aldehydes is 1. The van der Waals surface area contributed by atoms with E-state index in [9.17, 15) is 9.90 Å². The fraction of sp³-hybridized carbons (Fsp3) is 0.0714. The molecule has 0 saturated carbocycles. The monoisotopic (exact) mass is 240 g/mol. The van der Waals surface area contributed by atoms with Gasteiger partial charge in [0.15, 0.2) is 12.0 Å². The lowest BCUT2D eigenvalue weighted by molar-refractivity contribution is 0.112. The van der Waals surface area contributed by atoms with Crippen molar-refractivity contribution in [2.45, 2.75) is 6.92 Å². The molecular formula is C14H12N2O2. The van der Waals surface area contributed by atoms with E-state index >= 15 is 0 Å². The van der Waals surface area contributed by atoms with Gasteiger partial charge in [-0.1, -0.05) is 18.2 Å². The number of rotatable bonds is 3. The van der Waals surface area contributed by atoms with Crippen LogP contribution in [0.2, 0.25) is 0 Å². The highest BCUT2D eigenvalue weighted by Gasteiger charge is 2.07. The number of aryl methyl sites for hydroxylation is 1. The highest BCUT2D eigenvalue weighted by atomic mass is 16.3. The molecule has 18 heavy (non-hydrogen) atoms. The van der Waals surface area contributed by atoms with Crippen molar-refractivity contribution in [2.75, 3.05) is 0 Å². The van der Waals surface area contributed by atoms with Crippen LogP contribution in [0.25, 0.3) is 0 Å². The highest BCUT2D eigenvalue weighted by molar-refractivity contribution is 5.83. The number of aromatic hydroxyl groups is 1. The zero-order valence-corrected chi connectivity index (χ0v) is 9.87. The summed E-state index contributed by atoms with van der Waals surface area (Å²) in [6, 6.07) is 12.5. The van der Waals surface area contributed by atoms with Crippen molar-refractivity contribution < 1.29 is 9.90 Å². The molecule has 0 aliphatic rings. The summed E-state index contributed by atoms with van der Waals surface area (Å²) in [6.45, 7) is 1.83. The van der Waals surface area contributed by atoms with E-state index in [2.05, 4.69) is 10.2 Å². The van der Waals surface area contributed by atoms with Crippen LogP contribution in [0.1, 0.15) is 15.9 Å². The third kappa shape index (κ3) is 2.60. The van der Waals surface area contributed by atoms with Crippen molar-refractivity contribution in [1.82, 2.24) is 0 Å². The number of nitrogens with zero attached hydrogens (tertiary/aromatic N) is 2. The minimum atomic E-state index is -0.143. The normalized spacial score (nSPS) is 10.7. The van der Waals surface area contributed by atoms with Gasteiger partial charge in [-0.2, -0.15) is 5.11 Å². The van der Waals surface area contributed by atoms with Gasteiger partial charge >= 0.3 is 0 Å². The predicted octanol–water partition coefficient (Wildman–Crippen LogP) is 3.93. The number of carbonyl (C=O) groups excluding carboxylic acids is 1. The molecule has 4 heteroatoms. The van der Waals surface area contributed by atoms with Crippen molar-refractivity contribution in [3.05, 3.63) is 53.6 Å². The quantitative estimate of drug-likeness (QED) is 0.652. The average Bonchev–Trinajstić information content (AvgIpc) is 2.40. The number of phenolic OH excluding ortho intramolecular Hbond substituents is 1. The Kier molecular flexibility index (Phi) is 3.48. The lowest BCUT2D eigenvalue weighted by Crippen LogP contribution is -1.83. The lowest BCUT2D eigenvalue weighted by Gasteiger charge is -2.02. The molecule has 0 spiro atoms. The number of azo groups is 1. The Labute approximate surface area is 105 Å². The third-order valence-corrected chi connectivity index (χ3v) is 2.42. The summed E-state index contributed by atoms with van der Waals surface area (Å²) < 4.78 is 0. The van der Waals surface area contributed by atoms with E-state index in [1.54, 1.807) is 24.3 Å². The zero-order chi connectivity index (χ0) is 13.0. The van der Waals surface area contributed by atoms with Crippen molar-refractivity contribution in [1.29, 1.82) is 0 Å². The summed E-state index contributed by atoms with van der Waals surface area (Å²) in [5.41, 5.74) is 2.04. The van der Waals surface area contributed by atoms with Gasteiger partial charge in [-0.25, -0.2) is 0 Å². The van der Waals surface area contributed by atoms with Crippen LogP contribution in [-0.2, 0) is 0 Å². The topological polar surface area (TPSA) is 62.0 Å². The Morgan fingerprint density at radius 2 is 1.83 bits per heavy atom. The van der Waals surface area contributed by atoms with Gasteiger partial charge in [0.1, 0.15) is 5.69 Å². The molecule has 4 nitrogen and oxygen atoms in total. The molecule has 0 radical (unpaired) electrons. The van der Waals surface area contributed by atoms with Gasteiger partial charge in [-0.05, 0) is 36.8 Å². The number of hydrogen-bond acceptors (Lipinski definition) is 4. The lowest BCUT2D eigenvalue weighted by atomic mass is 10.1. The zero-order valence-electron chi connectivity index (χ0n) is 9.87. The molecule has 1 N–H and O–H groups in total. The van der Waals surface area contributed by atoms with Crippen LogP contribution in [0.3, 0.4) is 0 Å². The van der Waals surface area contributed by atoms with E-state index < -0.39 is 0 Å². The summed E-state index contributed by atoms with van der Waals surface area (Å²) in [4.78, 5) is 10.8. The van der Waals surface area contributed by atoms with Crippen LogP contribution in [0.15, 0.2) is 52.7 Å². The summed E-state index contributed by atoms with van der Waals surface area (Å²) >= 11 is 0. The molecule has 0 aromatic heterocycles. The second kappa shape index (κ2) is 5.23. The molecule has 0 bridgehead atoms. The Hall–Kier alpha value is -2.49. The summed E-state index contributed by atoms with van der Waals surface area (Å²) in [7, 11) is 0. The van der Waals surface area contributed by atoms with Crippen LogP contribution in [0, 0.1) is 6.92 Å². The molecule has 0 heterocycles. The molecule has 0 amide bonds. The molecule has 0 aliphatic carbocycles. The van der Waals surface area contributed by atoms with Crippen LogP contribution < -0.4 is 0 Å². The van der Waals surface area contributed by atoms with Crippen LogP contribution >= 0.6 is 0 Å². The van der Waals surface area contributed by atoms with Crippen molar-refractivity contribution in [3.8, 4) is 5.75 Å². The van der Waals surface area contributed by atoms with Gasteiger partial charge in [-0.15, -0.1) is 5.11 Å². The smallest absolute Gasteiger partial charge is 0.153 e. The number of carbonyl (C=O) groups is 1. The first-order valence-corrected chi connectivity index (χ1v) is 5.46. The Balaban J connectivity index is 2.37. The fourth-order valence-electron chi connectivity index (χ4n) is 1.56. The van der Waals surface area contributed by atoms with Gasteiger partial charge in [0.25, 0.3) is 0 Å². The first-order chi connectivity index (χ1) is 8.70. The first kappa shape index (κ1) is 12.0. The van der Waals surface area contributed by atoms with E-state index in [0.717, 1.165) is 5.56 Å². The molecule has 0 unspecified atom stereocenters. The van der Waals surface area contributed by atoms with Crippen LogP contribution in [0.4, 0.5) is 11.4 Å². The average molecular weight is 240 g/mol. The predicted molar refractivity (Wildman–Crippen MR) is 68.8 cm³/mol. The third-order valence-electron chi connectivity index (χ3n) is 2.42. The Morgan fingerprint density at radius 1 is 1.11 bits per heavy atom. The number of benzene rings is 2. The van der Waals surface area contributed by atoms with Gasteiger partial charge in [0, 0.05) is 0 Å². The Morgan fingerprint density at radius 3 is 2.50 bits per heavy atom. The molecule has 2 aromatic carbocycles. The van der Waals surface area contributed by atoms with Gasteiger partial charge < -0.3 is 5.11 Å². The molecule has 90 valence electrons. The molecule has 0 atom stereocenters. The SMILES string of the molecule is Cc1cc(C=O)c(O)c(N=Nc2ccccc2)c1. The van der Waals surface area contributed by atoms with E-state index in [1.807, 2.05) is 25.1 Å². The number of hydrogen-bond donors (Lipinski definition) is 1. The second-order valence-electron chi connectivity index (χ2n) is 3.88. The molecule has 2 aromatic rings. The minimum absolute atomic E-state index is 0.143.